The van der Waals surface area contributed by atoms with Crippen molar-refractivity contribution in [2.75, 3.05) is 6.54 Å². The molecule has 14 nitrogen and oxygen atoms in total. The Morgan fingerprint density at radius 2 is 1.38 bits per heavy atom. The SMILES string of the molecule is CC(O)C(NC(=O)C(NC(=O)C(CCCCN)NC(=O)C(N)CC(N)=O)C(C)O)C(=O)O. The first-order chi connectivity index (χ1) is 14.8. The van der Waals surface area contributed by atoms with E-state index in [1.165, 1.54) is 6.92 Å². The molecule has 0 rings (SSSR count). The van der Waals surface area contributed by atoms with Gasteiger partial charge in [0.1, 0.15) is 12.1 Å². The van der Waals surface area contributed by atoms with E-state index in [0.29, 0.717) is 19.4 Å². The van der Waals surface area contributed by atoms with Crippen molar-refractivity contribution in [1.82, 2.24) is 16.0 Å². The Bertz CT molecular complexity index is 672. The third-order valence-electron chi connectivity index (χ3n) is 4.45. The molecule has 0 saturated heterocycles. The Kier molecular flexibility index (Phi) is 13.0. The molecular formula is C18H34N6O8. The zero-order chi connectivity index (χ0) is 25.0. The van der Waals surface area contributed by atoms with Gasteiger partial charge in [-0.3, -0.25) is 19.2 Å². The first-order valence-corrected chi connectivity index (χ1v) is 10.1. The van der Waals surface area contributed by atoms with E-state index in [0.717, 1.165) is 6.92 Å². The van der Waals surface area contributed by atoms with Crippen LogP contribution < -0.4 is 33.2 Å². The average Bonchev–Trinajstić information content (AvgIpc) is 2.67. The number of primary amides is 1. The zero-order valence-electron chi connectivity index (χ0n) is 18.1. The zero-order valence-corrected chi connectivity index (χ0v) is 18.1. The largest absolute Gasteiger partial charge is 0.480 e. The molecule has 12 N–H and O–H groups in total. The highest BCUT2D eigenvalue weighted by Gasteiger charge is 2.34. The lowest BCUT2D eigenvalue weighted by molar-refractivity contribution is -0.146. The van der Waals surface area contributed by atoms with Gasteiger partial charge in [0.2, 0.25) is 23.6 Å². The van der Waals surface area contributed by atoms with Crippen LogP contribution >= 0.6 is 0 Å². The molecule has 0 aliphatic rings. The number of hydrogen-bond acceptors (Lipinski definition) is 9. The lowest BCUT2D eigenvalue weighted by Gasteiger charge is -2.27. The monoisotopic (exact) mass is 462 g/mol. The van der Waals surface area contributed by atoms with Gasteiger partial charge in [-0.1, -0.05) is 0 Å². The summed E-state index contributed by atoms with van der Waals surface area (Å²) >= 11 is 0. The standard InChI is InChI=1S/C18H34N6O8/c1-8(25)13(17(30)24-14(9(2)26)18(31)32)23-16(29)11(5-3-4-6-19)22-15(28)10(20)7-12(21)27/h8-11,13-14,25-26H,3-7,19-20H2,1-2H3,(H2,21,27)(H,22,28)(H,23,29)(H,24,30)(H,31,32). The van der Waals surface area contributed by atoms with Gasteiger partial charge in [-0.15, -0.1) is 0 Å². The van der Waals surface area contributed by atoms with Crippen LogP contribution in [0.2, 0.25) is 0 Å². The van der Waals surface area contributed by atoms with E-state index in [9.17, 15) is 34.2 Å². The second kappa shape index (κ2) is 14.3. The topological polar surface area (TPSA) is 260 Å². The minimum Gasteiger partial charge on any atom is -0.480 e. The number of carbonyl (C=O) groups is 5. The number of amides is 4. The van der Waals surface area contributed by atoms with Crippen LogP contribution in [-0.2, 0) is 24.0 Å². The Labute approximate surface area is 185 Å². The maximum absolute atomic E-state index is 12.7. The maximum atomic E-state index is 12.7. The van der Waals surface area contributed by atoms with Gasteiger partial charge in [0.05, 0.1) is 24.7 Å². The summed E-state index contributed by atoms with van der Waals surface area (Å²) in [4.78, 5) is 59.5. The van der Waals surface area contributed by atoms with Gasteiger partial charge in [-0.05, 0) is 39.7 Å². The molecule has 14 heteroatoms. The third kappa shape index (κ3) is 10.5. The summed E-state index contributed by atoms with van der Waals surface area (Å²) in [5.41, 5.74) is 16.0. The van der Waals surface area contributed by atoms with Crippen molar-refractivity contribution < 1.29 is 39.3 Å². The second-order valence-electron chi connectivity index (χ2n) is 7.41. The van der Waals surface area contributed by atoms with Crippen molar-refractivity contribution in [2.45, 2.75) is 75.9 Å². The van der Waals surface area contributed by atoms with Crippen molar-refractivity contribution in [1.29, 1.82) is 0 Å². The van der Waals surface area contributed by atoms with E-state index in [1.54, 1.807) is 0 Å². The number of hydrogen-bond donors (Lipinski definition) is 9. The summed E-state index contributed by atoms with van der Waals surface area (Å²) in [6.45, 7) is 2.67. The molecule has 0 saturated carbocycles. The van der Waals surface area contributed by atoms with Crippen molar-refractivity contribution in [3.05, 3.63) is 0 Å². The van der Waals surface area contributed by atoms with Gasteiger partial charge in [-0.2, -0.15) is 0 Å². The van der Waals surface area contributed by atoms with Crippen LogP contribution in [0.5, 0.6) is 0 Å². The Balaban J connectivity index is 5.43. The summed E-state index contributed by atoms with van der Waals surface area (Å²) in [5, 5.41) is 35.2. The minimum absolute atomic E-state index is 0.109. The molecule has 0 fully saturated rings. The summed E-state index contributed by atoms with van der Waals surface area (Å²) in [6, 6.07) is -5.74. The number of carboxylic acids is 1. The average molecular weight is 463 g/mol. The molecule has 0 radical (unpaired) electrons. The lowest BCUT2D eigenvalue weighted by atomic mass is 10.0. The first-order valence-electron chi connectivity index (χ1n) is 10.1. The highest BCUT2D eigenvalue weighted by molar-refractivity contribution is 5.95. The quantitative estimate of drug-likeness (QED) is 0.105. The number of unbranched alkanes of at least 4 members (excludes halogenated alkanes) is 1. The number of nitrogens with one attached hydrogen (secondary N) is 3. The summed E-state index contributed by atoms with van der Waals surface area (Å²) in [5.74, 6) is -5.06. The van der Waals surface area contributed by atoms with Crippen LogP contribution in [0, 0.1) is 0 Å². The van der Waals surface area contributed by atoms with Gasteiger partial charge in [0, 0.05) is 0 Å². The molecule has 6 atom stereocenters. The van der Waals surface area contributed by atoms with Crippen molar-refractivity contribution in [2.24, 2.45) is 17.2 Å². The number of carboxylic acid groups (broad SMARTS) is 1. The van der Waals surface area contributed by atoms with Gasteiger partial charge in [0.25, 0.3) is 0 Å². The lowest BCUT2D eigenvalue weighted by Crippen LogP contribution is -2.61. The molecule has 0 aromatic carbocycles. The molecule has 6 unspecified atom stereocenters. The van der Waals surface area contributed by atoms with Crippen LogP contribution in [0.3, 0.4) is 0 Å². The number of aliphatic hydroxyl groups is 2. The molecule has 0 aromatic heterocycles. The van der Waals surface area contributed by atoms with Crippen molar-refractivity contribution in [3.8, 4) is 0 Å². The molecule has 0 aliphatic carbocycles. The predicted octanol–water partition coefficient (Wildman–Crippen LogP) is -4.38. The van der Waals surface area contributed by atoms with Gasteiger partial charge in [-0.25, -0.2) is 4.79 Å². The number of carbonyl (C=O) groups excluding carboxylic acids is 4. The van der Waals surface area contributed by atoms with E-state index in [4.69, 9.17) is 22.3 Å². The summed E-state index contributed by atoms with van der Waals surface area (Å²) in [7, 11) is 0. The maximum Gasteiger partial charge on any atom is 0.328 e. The van der Waals surface area contributed by atoms with Crippen LogP contribution in [0.25, 0.3) is 0 Å². The summed E-state index contributed by atoms with van der Waals surface area (Å²) < 4.78 is 0. The number of rotatable bonds is 15. The second-order valence-corrected chi connectivity index (χ2v) is 7.41. The summed E-state index contributed by atoms with van der Waals surface area (Å²) in [6.07, 6.45) is -2.28. The van der Waals surface area contributed by atoms with Gasteiger partial charge < -0.3 is 48.5 Å². The molecular weight excluding hydrogens is 428 g/mol. The molecule has 4 amide bonds. The van der Waals surface area contributed by atoms with Crippen LogP contribution in [0.15, 0.2) is 0 Å². The predicted molar refractivity (Wildman–Crippen MR) is 111 cm³/mol. The number of nitrogens with two attached hydrogens (primary N) is 3. The Morgan fingerprint density at radius 3 is 1.81 bits per heavy atom. The molecule has 32 heavy (non-hydrogen) atoms. The normalized spacial score (nSPS) is 16.6. The van der Waals surface area contributed by atoms with E-state index >= 15 is 0 Å². The van der Waals surface area contributed by atoms with E-state index < -0.39 is 72.4 Å². The molecule has 0 spiro atoms. The van der Waals surface area contributed by atoms with Crippen molar-refractivity contribution in [3.63, 3.8) is 0 Å². The number of aliphatic hydroxyl groups excluding tert-OH is 2. The van der Waals surface area contributed by atoms with Gasteiger partial charge in [0.15, 0.2) is 6.04 Å². The van der Waals surface area contributed by atoms with E-state index in [2.05, 4.69) is 10.6 Å². The fourth-order valence-corrected chi connectivity index (χ4v) is 2.64. The molecule has 184 valence electrons. The fourth-order valence-electron chi connectivity index (χ4n) is 2.64. The smallest absolute Gasteiger partial charge is 0.328 e. The minimum atomic E-state index is -1.67. The first kappa shape index (κ1) is 29.2. The third-order valence-corrected chi connectivity index (χ3v) is 4.45. The highest BCUT2D eigenvalue weighted by Crippen LogP contribution is 2.05. The van der Waals surface area contributed by atoms with Gasteiger partial charge >= 0.3 is 5.97 Å². The number of aliphatic carboxylic acids is 1. The highest BCUT2D eigenvalue weighted by atomic mass is 16.4. The molecule has 0 aromatic rings. The molecule has 0 aliphatic heterocycles. The van der Waals surface area contributed by atoms with E-state index in [1.807, 2.05) is 5.32 Å². The molecule has 0 bridgehead atoms. The van der Waals surface area contributed by atoms with Crippen LogP contribution in [0.1, 0.15) is 39.5 Å². The van der Waals surface area contributed by atoms with Crippen LogP contribution in [0.4, 0.5) is 0 Å². The Hall–Kier alpha value is -2.81. The fraction of sp³-hybridized carbons (Fsp3) is 0.722. The van der Waals surface area contributed by atoms with Crippen molar-refractivity contribution >= 4 is 29.6 Å². The Morgan fingerprint density at radius 1 is 0.844 bits per heavy atom. The van der Waals surface area contributed by atoms with E-state index in [-0.39, 0.29) is 6.42 Å². The van der Waals surface area contributed by atoms with Crippen LogP contribution in [-0.4, -0.2) is 87.8 Å². The molecule has 0 heterocycles.